The van der Waals surface area contributed by atoms with Crippen LogP contribution in [-0.2, 0) is 8.85 Å². The zero-order valence-electron chi connectivity index (χ0n) is 6.40. The number of rotatable bonds is 3. The summed E-state index contributed by atoms with van der Waals surface area (Å²) in [4.78, 5) is 9.59. The normalized spacial score (nSPS) is 11.9. The molecular formula is C6H10O4Si. The van der Waals surface area contributed by atoms with Gasteiger partial charge in [-0.25, -0.2) is 0 Å². The Morgan fingerprint density at radius 2 is 2.09 bits per heavy atom. The van der Waals surface area contributed by atoms with E-state index < -0.39 is 8.80 Å². The number of hydrogen-bond donors (Lipinski definition) is 1. The van der Waals surface area contributed by atoms with Crippen molar-refractivity contribution in [3.8, 4) is 0 Å². The summed E-state index contributed by atoms with van der Waals surface area (Å²) in [6, 6.07) is 3.30. The van der Waals surface area contributed by atoms with Gasteiger partial charge in [-0.3, -0.25) is 0 Å². The molecule has 62 valence electrons. The van der Waals surface area contributed by atoms with Crippen LogP contribution in [-0.4, -0.2) is 27.8 Å². The van der Waals surface area contributed by atoms with E-state index >= 15 is 0 Å². The van der Waals surface area contributed by atoms with Gasteiger partial charge in [0.25, 0.3) is 0 Å². The lowest BCUT2D eigenvalue weighted by molar-refractivity contribution is 0.162. The zero-order chi connectivity index (χ0) is 8.32. The molecule has 0 saturated heterocycles. The molecule has 0 amide bonds. The van der Waals surface area contributed by atoms with Gasteiger partial charge in [0.1, 0.15) is 0 Å². The Labute approximate surface area is 65.7 Å². The SMILES string of the molecule is CO[Si](O)(OC)c1ccco1. The van der Waals surface area contributed by atoms with E-state index in [9.17, 15) is 4.80 Å². The van der Waals surface area contributed by atoms with Gasteiger partial charge in [0.15, 0.2) is 5.38 Å². The first kappa shape index (κ1) is 8.47. The van der Waals surface area contributed by atoms with Crippen LogP contribution in [0.4, 0.5) is 0 Å². The third kappa shape index (κ3) is 1.51. The third-order valence-electron chi connectivity index (χ3n) is 1.39. The van der Waals surface area contributed by atoms with E-state index in [-0.39, 0.29) is 0 Å². The summed E-state index contributed by atoms with van der Waals surface area (Å²) in [6.07, 6.45) is 1.46. The summed E-state index contributed by atoms with van der Waals surface area (Å²) in [7, 11) is -0.414. The van der Waals surface area contributed by atoms with Gasteiger partial charge in [0.05, 0.1) is 6.26 Å². The van der Waals surface area contributed by atoms with Gasteiger partial charge in [0.2, 0.25) is 0 Å². The van der Waals surface area contributed by atoms with Gasteiger partial charge in [-0.05, 0) is 12.1 Å². The second-order valence-corrected chi connectivity index (χ2v) is 4.44. The van der Waals surface area contributed by atoms with Gasteiger partial charge in [-0.15, -0.1) is 0 Å². The monoisotopic (exact) mass is 174 g/mol. The molecule has 1 N–H and O–H groups in total. The third-order valence-corrected chi connectivity index (χ3v) is 3.40. The highest BCUT2D eigenvalue weighted by atomic mass is 28.4. The molecule has 0 aromatic carbocycles. The van der Waals surface area contributed by atoms with Crippen molar-refractivity contribution in [3.05, 3.63) is 18.4 Å². The maximum atomic E-state index is 9.59. The Hall–Kier alpha value is -0.623. The lowest BCUT2D eigenvalue weighted by Gasteiger charge is -2.15. The fourth-order valence-corrected chi connectivity index (χ4v) is 1.84. The van der Waals surface area contributed by atoms with Gasteiger partial charge in [-0.2, -0.15) is 0 Å². The van der Waals surface area contributed by atoms with Crippen molar-refractivity contribution in [1.82, 2.24) is 0 Å². The maximum absolute atomic E-state index is 9.59. The largest absolute Gasteiger partial charge is 0.571 e. The number of furan rings is 1. The predicted molar refractivity (Wildman–Crippen MR) is 40.3 cm³/mol. The Balaban J connectivity index is 2.87. The predicted octanol–water partition coefficient (Wildman–Crippen LogP) is -0.289. The molecule has 1 heterocycles. The van der Waals surface area contributed by atoms with Gasteiger partial charge >= 0.3 is 8.80 Å². The van der Waals surface area contributed by atoms with Crippen LogP contribution in [0.15, 0.2) is 22.8 Å². The fraction of sp³-hybridized carbons (Fsp3) is 0.333. The molecule has 1 aromatic rings. The zero-order valence-corrected chi connectivity index (χ0v) is 7.40. The molecule has 1 aromatic heterocycles. The van der Waals surface area contributed by atoms with Crippen molar-refractivity contribution in [3.63, 3.8) is 0 Å². The highest BCUT2D eigenvalue weighted by molar-refractivity contribution is 6.72. The number of hydrogen-bond acceptors (Lipinski definition) is 4. The molecule has 0 spiro atoms. The summed E-state index contributed by atoms with van der Waals surface area (Å²) in [5, 5.41) is 0.363. The van der Waals surface area contributed by atoms with E-state index in [2.05, 4.69) is 0 Å². The molecule has 4 nitrogen and oxygen atoms in total. The van der Waals surface area contributed by atoms with Crippen LogP contribution in [0.2, 0.25) is 0 Å². The highest BCUT2D eigenvalue weighted by Gasteiger charge is 2.40. The first-order valence-corrected chi connectivity index (χ1v) is 4.86. The molecule has 5 heteroatoms. The standard InChI is InChI=1S/C6H10O4Si/c1-8-11(7,9-2)6-4-3-5-10-6/h3-5,7H,1-2H3. The van der Waals surface area contributed by atoms with Crippen LogP contribution < -0.4 is 5.38 Å². The molecule has 0 aliphatic rings. The molecule has 11 heavy (non-hydrogen) atoms. The summed E-state index contributed by atoms with van der Waals surface area (Å²) in [5.41, 5.74) is 0. The lowest BCUT2D eigenvalue weighted by atomic mass is 10.7. The molecule has 0 aliphatic heterocycles. The Morgan fingerprint density at radius 3 is 2.45 bits per heavy atom. The van der Waals surface area contributed by atoms with Gasteiger partial charge in [0, 0.05) is 14.2 Å². The molecule has 0 saturated carbocycles. The van der Waals surface area contributed by atoms with Crippen molar-refractivity contribution in [2.24, 2.45) is 0 Å². The maximum Gasteiger partial charge on any atom is 0.571 e. The minimum absolute atomic E-state index is 0.363. The van der Waals surface area contributed by atoms with Crippen LogP contribution in [0.1, 0.15) is 0 Å². The summed E-state index contributed by atoms with van der Waals surface area (Å²) in [6.45, 7) is 0. The van der Waals surface area contributed by atoms with E-state index in [0.29, 0.717) is 5.38 Å². The average molecular weight is 174 g/mol. The van der Waals surface area contributed by atoms with E-state index in [1.54, 1.807) is 12.1 Å². The molecule has 0 radical (unpaired) electrons. The molecule has 0 unspecified atom stereocenters. The van der Waals surface area contributed by atoms with E-state index in [1.807, 2.05) is 0 Å². The minimum Gasteiger partial charge on any atom is -0.466 e. The first-order valence-electron chi connectivity index (χ1n) is 3.09. The van der Waals surface area contributed by atoms with Crippen LogP contribution in [0.3, 0.4) is 0 Å². The molecule has 0 bridgehead atoms. The summed E-state index contributed by atoms with van der Waals surface area (Å²) in [5.74, 6) is 0. The van der Waals surface area contributed by atoms with E-state index in [4.69, 9.17) is 13.3 Å². The van der Waals surface area contributed by atoms with Crippen LogP contribution in [0.5, 0.6) is 0 Å². The Morgan fingerprint density at radius 1 is 1.45 bits per heavy atom. The molecule has 0 fully saturated rings. The molecule has 0 atom stereocenters. The quantitative estimate of drug-likeness (QED) is 0.640. The average Bonchev–Trinajstić information content (AvgIpc) is 2.55. The summed E-state index contributed by atoms with van der Waals surface area (Å²) < 4.78 is 14.6. The van der Waals surface area contributed by atoms with Crippen LogP contribution in [0.25, 0.3) is 0 Å². The second-order valence-electron chi connectivity index (χ2n) is 1.97. The molecule has 0 aliphatic carbocycles. The van der Waals surface area contributed by atoms with E-state index in [1.165, 1.54) is 20.5 Å². The van der Waals surface area contributed by atoms with Crippen LogP contribution in [0, 0.1) is 0 Å². The van der Waals surface area contributed by atoms with Crippen molar-refractivity contribution < 1.29 is 18.1 Å². The van der Waals surface area contributed by atoms with Gasteiger partial charge in [-0.1, -0.05) is 0 Å². The minimum atomic E-state index is -3.19. The van der Waals surface area contributed by atoms with Crippen molar-refractivity contribution in [2.75, 3.05) is 14.2 Å². The van der Waals surface area contributed by atoms with Gasteiger partial charge < -0.3 is 18.1 Å². The second kappa shape index (κ2) is 3.18. The fourth-order valence-electron chi connectivity index (χ4n) is 0.743. The Kier molecular flexibility index (Phi) is 2.45. The van der Waals surface area contributed by atoms with Crippen molar-refractivity contribution in [2.45, 2.75) is 0 Å². The lowest BCUT2D eigenvalue weighted by Crippen LogP contribution is -2.52. The van der Waals surface area contributed by atoms with Crippen molar-refractivity contribution >= 4 is 14.2 Å². The Bertz CT molecular complexity index is 204. The first-order chi connectivity index (χ1) is 5.23. The molecular weight excluding hydrogens is 164 g/mol. The summed E-state index contributed by atoms with van der Waals surface area (Å²) >= 11 is 0. The highest BCUT2D eigenvalue weighted by Crippen LogP contribution is 2.00. The molecule has 1 rings (SSSR count). The van der Waals surface area contributed by atoms with Crippen molar-refractivity contribution in [1.29, 1.82) is 0 Å². The smallest absolute Gasteiger partial charge is 0.466 e. The van der Waals surface area contributed by atoms with E-state index in [0.717, 1.165) is 0 Å². The van der Waals surface area contributed by atoms with Crippen LogP contribution >= 0.6 is 0 Å². The topological polar surface area (TPSA) is 51.8 Å².